The summed E-state index contributed by atoms with van der Waals surface area (Å²) in [5.41, 5.74) is 0.0939. The predicted octanol–water partition coefficient (Wildman–Crippen LogP) is 1.71. The fourth-order valence-electron chi connectivity index (χ4n) is 2.84. The Labute approximate surface area is 183 Å². The van der Waals surface area contributed by atoms with Gasteiger partial charge in [-0.15, -0.1) is 0 Å². The SMILES string of the molecule is CCCCCCCCc1c(S(=O)(=O)O)ccc(Oc2ccccc2)c1[O-].[Na+]. The summed E-state index contributed by atoms with van der Waals surface area (Å²) in [5.74, 6) is 0.0665. The Bertz CT molecular complexity index is 807. The summed E-state index contributed by atoms with van der Waals surface area (Å²) in [4.78, 5) is -0.323. The molecule has 0 unspecified atom stereocenters. The summed E-state index contributed by atoms with van der Waals surface area (Å²) in [6.45, 7) is 2.14. The van der Waals surface area contributed by atoms with Gasteiger partial charge in [0.15, 0.2) is 0 Å². The Morgan fingerprint density at radius 2 is 1.59 bits per heavy atom. The van der Waals surface area contributed by atoms with E-state index in [9.17, 15) is 18.1 Å². The molecule has 5 nitrogen and oxygen atoms in total. The van der Waals surface area contributed by atoms with Crippen molar-refractivity contribution in [1.82, 2.24) is 0 Å². The van der Waals surface area contributed by atoms with Gasteiger partial charge < -0.3 is 9.84 Å². The Kier molecular flexibility index (Phi) is 10.4. The molecule has 1 N–H and O–H groups in total. The van der Waals surface area contributed by atoms with Crippen molar-refractivity contribution in [2.45, 2.75) is 56.8 Å². The van der Waals surface area contributed by atoms with Crippen molar-refractivity contribution in [3.8, 4) is 17.2 Å². The van der Waals surface area contributed by atoms with Gasteiger partial charge in [-0.25, -0.2) is 0 Å². The second-order valence-electron chi connectivity index (χ2n) is 6.28. The van der Waals surface area contributed by atoms with Crippen LogP contribution in [0.2, 0.25) is 0 Å². The van der Waals surface area contributed by atoms with E-state index in [2.05, 4.69) is 6.92 Å². The van der Waals surface area contributed by atoms with Gasteiger partial charge in [0.05, 0.1) is 4.90 Å². The molecule has 2 rings (SSSR count). The second kappa shape index (κ2) is 11.7. The van der Waals surface area contributed by atoms with E-state index in [1.54, 1.807) is 24.3 Å². The molecule has 0 spiro atoms. The average Bonchev–Trinajstić information content (AvgIpc) is 2.60. The number of benzene rings is 2. The van der Waals surface area contributed by atoms with Crippen LogP contribution in [-0.4, -0.2) is 13.0 Å². The first-order chi connectivity index (χ1) is 12.4. The third-order valence-electron chi connectivity index (χ3n) is 4.21. The van der Waals surface area contributed by atoms with E-state index in [1.165, 1.54) is 18.6 Å². The van der Waals surface area contributed by atoms with Gasteiger partial charge in [-0.05, 0) is 42.7 Å². The van der Waals surface area contributed by atoms with Gasteiger partial charge in [-0.3, -0.25) is 4.55 Å². The van der Waals surface area contributed by atoms with Crippen LogP contribution < -0.4 is 39.4 Å². The van der Waals surface area contributed by atoms with Crippen molar-refractivity contribution in [3.05, 3.63) is 48.0 Å². The third-order valence-corrected chi connectivity index (χ3v) is 5.15. The summed E-state index contributed by atoms with van der Waals surface area (Å²) >= 11 is 0. The summed E-state index contributed by atoms with van der Waals surface area (Å²) < 4.78 is 38.3. The molecular formula is C20H25NaO5S. The fourth-order valence-corrected chi connectivity index (χ4v) is 3.59. The fraction of sp³-hybridized carbons (Fsp3) is 0.400. The molecule has 142 valence electrons. The molecular weight excluding hydrogens is 375 g/mol. The minimum atomic E-state index is -4.45. The van der Waals surface area contributed by atoms with Crippen molar-refractivity contribution in [2.75, 3.05) is 0 Å². The first kappa shape index (κ1) is 24.0. The maximum atomic E-state index is 12.7. The largest absolute Gasteiger partial charge is 1.00 e. The van der Waals surface area contributed by atoms with Crippen molar-refractivity contribution >= 4 is 10.1 Å². The van der Waals surface area contributed by atoms with Crippen LogP contribution in [0.1, 0.15) is 51.0 Å². The van der Waals surface area contributed by atoms with Gasteiger partial charge in [-0.2, -0.15) is 8.42 Å². The molecule has 0 atom stereocenters. The van der Waals surface area contributed by atoms with E-state index in [0.717, 1.165) is 25.7 Å². The summed E-state index contributed by atoms with van der Waals surface area (Å²) in [5, 5.41) is 12.7. The second-order valence-corrected chi connectivity index (χ2v) is 7.67. The van der Waals surface area contributed by atoms with Gasteiger partial charge >= 0.3 is 29.6 Å². The first-order valence-corrected chi connectivity index (χ1v) is 10.4. The minimum absolute atomic E-state index is 0. The van der Waals surface area contributed by atoms with Crippen LogP contribution >= 0.6 is 0 Å². The molecule has 0 aliphatic carbocycles. The van der Waals surface area contributed by atoms with Crippen LogP contribution in [0.25, 0.3) is 0 Å². The summed E-state index contributed by atoms with van der Waals surface area (Å²) in [6.07, 6.45) is 6.39. The molecule has 0 saturated carbocycles. The van der Waals surface area contributed by atoms with Crippen LogP contribution in [0.4, 0.5) is 0 Å². The molecule has 0 aliphatic rings. The van der Waals surface area contributed by atoms with Crippen molar-refractivity contribution in [1.29, 1.82) is 0 Å². The summed E-state index contributed by atoms with van der Waals surface area (Å²) in [6, 6.07) is 11.3. The van der Waals surface area contributed by atoms with Crippen LogP contribution in [0.3, 0.4) is 0 Å². The van der Waals surface area contributed by atoms with Crippen LogP contribution in [0, 0.1) is 0 Å². The monoisotopic (exact) mass is 400 g/mol. The molecule has 27 heavy (non-hydrogen) atoms. The smallest absolute Gasteiger partial charge is 0.870 e. The van der Waals surface area contributed by atoms with E-state index >= 15 is 0 Å². The topological polar surface area (TPSA) is 86.7 Å². The Hall–Kier alpha value is -1.05. The molecule has 0 aliphatic heterocycles. The molecule has 2 aromatic carbocycles. The van der Waals surface area contributed by atoms with Crippen molar-refractivity contribution < 1.29 is 52.4 Å². The standard InChI is InChI=1S/C20H26O5S.Na/c1-2-3-4-5-6-10-13-17-19(26(22,23)24)15-14-18(20(17)21)25-16-11-8-7-9-12-16;/h7-9,11-12,14-15,21H,2-6,10,13H2,1H3,(H,22,23,24);/q;+1/p-1. The zero-order valence-electron chi connectivity index (χ0n) is 16.0. The predicted molar refractivity (Wildman–Crippen MR) is 99.3 cm³/mol. The van der Waals surface area contributed by atoms with Gasteiger partial charge in [0.1, 0.15) is 11.5 Å². The van der Waals surface area contributed by atoms with Gasteiger partial charge in [0.25, 0.3) is 10.1 Å². The normalized spacial score (nSPS) is 11.0. The quantitative estimate of drug-likeness (QED) is 0.373. The van der Waals surface area contributed by atoms with E-state index in [-0.39, 0.29) is 45.8 Å². The van der Waals surface area contributed by atoms with Gasteiger partial charge in [0, 0.05) is 0 Å². The van der Waals surface area contributed by atoms with Gasteiger partial charge in [0.2, 0.25) is 0 Å². The Morgan fingerprint density at radius 3 is 2.22 bits per heavy atom. The number of hydrogen-bond donors (Lipinski definition) is 1. The van der Waals surface area contributed by atoms with Crippen LogP contribution in [0.15, 0.2) is 47.4 Å². The zero-order chi connectivity index (χ0) is 19.0. The number of para-hydroxylation sites is 1. The zero-order valence-corrected chi connectivity index (χ0v) is 18.8. The van der Waals surface area contributed by atoms with Gasteiger partial charge in [-0.1, -0.05) is 63.0 Å². The van der Waals surface area contributed by atoms with Crippen molar-refractivity contribution in [2.24, 2.45) is 0 Å². The molecule has 0 aromatic heterocycles. The minimum Gasteiger partial charge on any atom is -0.870 e. The molecule has 0 amide bonds. The Balaban J connectivity index is 0.00000364. The third kappa shape index (κ3) is 7.47. The van der Waals surface area contributed by atoms with Crippen LogP contribution in [0.5, 0.6) is 17.2 Å². The van der Waals surface area contributed by atoms with E-state index in [4.69, 9.17) is 4.74 Å². The number of unbranched alkanes of at least 4 members (excludes halogenated alkanes) is 5. The maximum absolute atomic E-state index is 12.7. The molecule has 7 heteroatoms. The molecule has 0 fully saturated rings. The number of hydrogen-bond acceptors (Lipinski definition) is 4. The number of ether oxygens (including phenoxy) is 1. The molecule has 0 bridgehead atoms. The maximum Gasteiger partial charge on any atom is 1.00 e. The number of rotatable bonds is 10. The van der Waals surface area contributed by atoms with E-state index < -0.39 is 15.9 Å². The molecule has 0 heterocycles. The van der Waals surface area contributed by atoms with E-state index in [1.807, 2.05) is 6.07 Å². The van der Waals surface area contributed by atoms with Crippen molar-refractivity contribution in [3.63, 3.8) is 0 Å². The van der Waals surface area contributed by atoms with E-state index in [0.29, 0.717) is 18.6 Å². The first-order valence-electron chi connectivity index (χ1n) is 8.96. The molecule has 2 aromatic rings. The Morgan fingerprint density at radius 1 is 0.963 bits per heavy atom. The average molecular weight is 400 g/mol. The van der Waals surface area contributed by atoms with Crippen LogP contribution in [-0.2, 0) is 16.5 Å². The summed E-state index contributed by atoms with van der Waals surface area (Å²) in [7, 11) is -4.45. The molecule has 0 saturated heterocycles. The molecule has 0 radical (unpaired) electrons.